The highest BCUT2D eigenvalue weighted by Gasteiger charge is 2.27. The quantitative estimate of drug-likeness (QED) is 0.746. The largest absolute Gasteiger partial charge is 0.390 e. The Morgan fingerprint density at radius 1 is 1.33 bits per heavy atom. The molecule has 0 aromatic heterocycles. The number of aliphatic hydroxyl groups excluding tert-OH is 2. The standard InChI is InChI=1S/C12H22O3/c1-8(9(2)13)3-4-10-5-6-11(14)12(15)7-10/h8,10-12,14-15H,3-7H2,1-2H3/t8-,10?,11?,12?/m0/s1. The predicted molar refractivity (Wildman–Crippen MR) is 58.4 cm³/mol. The Bertz CT molecular complexity index is 215. The summed E-state index contributed by atoms with van der Waals surface area (Å²) in [5.41, 5.74) is 0. The van der Waals surface area contributed by atoms with E-state index >= 15 is 0 Å². The number of rotatable bonds is 4. The van der Waals surface area contributed by atoms with E-state index in [0.29, 0.717) is 18.8 Å². The van der Waals surface area contributed by atoms with Crippen molar-refractivity contribution in [3.05, 3.63) is 0 Å². The van der Waals surface area contributed by atoms with Crippen molar-refractivity contribution in [1.29, 1.82) is 0 Å². The molecule has 1 saturated carbocycles. The van der Waals surface area contributed by atoms with E-state index in [0.717, 1.165) is 19.3 Å². The molecule has 3 nitrogen and oxygen atoms in total. The molecule has 1 aliphatic carbocycles. The van der Waals surface area contributed by atoms with Crippen molar-refractivity contribution in [2.24, 2.45) is 11.8 Å². The van der Waals surface area contributed by atoms with E-state index in [1.165, 1.54) is 0 Å². The second kappa shape index (κ2) is 5.61. The number of carbonyl (C=O) groups excluding carboxylic acids is 1. The van der Waals surface area contributed by atoms with E-state index in [1.807, 2.05) is 6.92 Å². The molecule has 1 fully saturated rings. The monoisotopic (exact) mass is 214 g/mol. The summed E-state index contributed by atoms with van der Waals surface area (Å²) in [5, 5.41) is 18.9. The molecule has 0 aromatic carbocycles. The highest BCUT2D eigenvalue weighted by Crippen LogP contribution is 2.29. The van der Waals surface area contributed by atoms with Crippen molar-refractivity contribution in [2.45, 2.75) is 58.2 Å². The van der Waals surface area contributed by atoms with Crippen molar-refractivity contribution in [2.75, 3.05) is 0 Å². The second-order valence-corrected chi connectivity index (χ2v) is 4.90. The van der Waals surface area contributed by atoms with Crippen LogP contribution in [0, 0.1) is 11.8 Å². The molecule has 0 radical (unpaired) electrons. The first-order chi connectivity index (χ1) is 7.00. The van der Waals surface area contributed by atoms with Gasteiger partial charge in [0.15, 0.2) is 0 Å². The first kappa shape index (κ1) is 12.7. The van der Waals surface area contributed by atoms with E-state index in [1.54, 1.807) is 6.92 Å². The number of ketones is 1. The Hall–Kier alpha value is -0.410. The van der Waals surface area contributed by atoms with Crippen LogP contribution in [0.25, 0.3) is 0 Å². The van der Waals surface area contributed by atoms with Gasteiger partial charge in [0.05, 0.1) is 12.2 Å². The first-order valence-corrected chi connectivity index (χ1v) is 5.87. The van der Waals surface area contributed by atoms with Crippen LogP contribution in [-0.2, 0) is 4.79 Å². The minimum absolute atomic E-state index is 0.133. The van der Waals surface area contributed by atoms with Gasteiger partial charge in [0, 0.05) is 5.92 Å². The van der Waals surface area contributed by atoms with Crippen LogP contribution in [0.3, 0.4) is 0 Å². The maximum atomic E-state index is 11.0. The fraction of sp³-hybridized carbons (Fsp3) is 0.917. The van der Waals surface area contributed by atoms with E-state index < -0.39 is 12.2 Å². The lowest BCUT2D eigenvalue weighted by Crippen LogP contribution is -2.33. The first-order valence-electron chi connectivity index (χ1n) is 5.87. The number of aliphatic hydroxyl groups is 2. The lowest BCUT2D eigenvalue weighted by atomic mass is 9.81. The molecular weight excluding hydrogens is 192 g/mol. The summed E-state index contributed by atoms with van der Waals surface area (Å²) in [6.45, 7) is 3.58. The normalized spacial score (nSPS) is 33.7. The Balaban J connectivity index is 2.25. The topological polar surface area (TPSA) is 57.5 Å². The van der Waals surface area contributed by atoms with E-state index in [4.69, 9.17) is 0 Å². The zero-order valence-electron chi connectivity index (χ0n) is 9.65. The molecule has 4 atom stereocenters. The van der Waals surface area contributed by atoms with E-state index in [9.17, 15) is 15.0 Å². The fourth-order valence-corrected chi connectivity index (χ4v) is 2.17. The van der Waals surface area contributed by atoms with Crippen molar-refractivity contribution < 1.29 is 15.0 Å². The van der Waals surface area contributed by atoms with E-state index in [2.05, 4.69) is 0 Å². The molecule has 0 bridgehead atoms. The van der Waals surface area contributed by atoms with Gasteiger partial charge in [-0.05, 0) is 44.9 Å². The van der Waals surface area contributed by atoms with Gasteiger partial charge in [-0.15, -0.1) is 0 Å². The Morgan fingerprint density at radius 3 is 2.53 bits per heavy atom. The third kappa shape index (κ3) is 3.92. The molecule has 0 amide bonds. The summed E-state index contributed by atoms with van der Waals surface area (Å²) < 4.78 is 0. The second-order valence-electron chi connectivity index (χ2n) is 4.90. The van der Waals surface area contributed by atoms with Gasteiger partial charge in [0.1, 0.15) is 5.78 Å². The van der Waals surface area contributed by atoms with Crippen LogP contribution in [0.5, 0.6) is 0 Å². The summed E-state index contributed by atoms with van der Waals surface area (Å²) in [6, 6.07) is 0. The number of hydrogen-bond donors (Lipinski definition) is 2. The van der Waals surface area contributed by atoms with Gasteiger partial charge < -0.3 is 10.2 Å². The van der Waals surface area contributed by atoms with Gasteiger partial charge in [0.25, 0.3) is 0 Å². The summed E-state index contributed by atoms with van der Waals surface area (Å²) in [4.78, 5) is 11.0. The average molecular weight is 214 g/mol. The molecule has 3 heteroatoms. The summed E-state index contributed by atoms with van der Waals surface area (Å²) >= 11 is 0. The van der Waals surface area contributed by atoms with Gasteiger partial charge in [-0.1, -0.05) is 6.92 Å². The minimum Gasteiger partial charge on any atom is -0.390 e. The highest BCUT2D eigenvalue weighted by atomic mass is 16.3. The number of hydrogen-bond acceptors (Lipinski definition) is 3. The van der Waals surface area contributed by atoms with Gasteiger partial charge >= 0.3 is 0 Å². The molecule has 0 spiro atoms. The molecule has 3 unspecified atom stereocenters. The smallest absolute Gasteiger partial charge is 0.132 e. The van der Waals surface area contributed by atoms with Crippen LogP contribution in [0.2, 0.25) is 0 Å². The van der Waals surface area contributed by atoms with Gasteiger partial charge in [0.2, 0.25) is 0 Å². The van der Waals surface area contributed by atoms with Gasteiger partial charge in [-0.3, -0.25) is 4.79 Å². The van der Waals surface area contributed by atoms with Crippen LogP contribution in [-0.4, -0.2) is 28.2 Å². The minimum atomic E-state index is -0.559. The van der Waals surface area contributed by atoms with Crippen molar-refractivity contribution in [3.63, 3.8) is 0 Å². The Morgan fingerprint density at radius 2 is 2.00 bits per heavy atom. The van der Waals surface area contributed by atoms with Crippen molar-refractivity contribution >= 4 is 5.78 Å². The number of carbonyl (C=O) groups is 1. The molecule has 0 saturated heterocycles. The molecule has 88 valence electrons. The SMILES string of the molecule is CC(=O)[C@@H](C)CCC1CCC(O)C(O)C1. The van der Waals surface area contributed by atoms with Crippen molar-refractivity contribution in [3.8, 4) is 0 Å². The van der Waals surface area contributed by atoms with Crippen LogP contribution in [0.15, 0.2) is 0 Å². The summed E-state index contributed by atoms with van der Waals surface area (Å²) in [7, 11) is 0. The average Bonchev–Trinajstić information content (AvgIpc) is 2.19. The zero-order chi connectivity index (χ0) is 11.4. The number of Topliss-reactive ketones (excluding diaryl/α,β-unsaturated/α-hetero) is 1. The van der Waals surface area contributed by atoms with Crippen LogP contribution >= 0.6 is 0 Å². The lowest BCUT2D eigenvalue weighted by molar-refractivity contribution is -0.120. The molecule has 0 aromatic rings. The molecule has 1 rings (SSSR count). The Kier molecular flexibility index (Phi) is 4.74. The van der Waals surface area contributed by atoms with Crippen LogP contribution in [0.1, 0.15) is 46.0 Å². The van der Waals surface area contributed by atoms with Gasteiger partial charge in [-0.25, -0.2) is 0 Å². The molecule has 0 aliphatic heterocycles. The third-order valence-corrected chi connectivity index (χ3v) is 3.59. The van der Waals surface area contributed by atoms with Crippen LogP contribution in [0.4, 0.5) is 0 Å². The lowest BCUT2D eigenvalue weighted by Gasteiger charge is -2.30. The Labute approximate surface area is 91.5 Å². The maximum Gasteiger partial charge on any atom is 0.132 e. The summed E-state index contributed by atoms with van der Waals surface area (Å²) in [6.07, 6.45) is 3.16. The highest BCUT2D eigenvalue weighted by molar-refractivity contribution is 5.77. The summed E-state index contributed by atoms with van der Waals surface area (Å²) in [5.74, 6) is 0.852. The molecule has 2 N–H and O–H groups in total. The zero-order valence-corrected chi connectivity index (χ0v) is 9.65. The predicted octanol–water partition coefficient (Wildman–Crippen LogP) is 1.51. The maximum absolute atomic E-state index is 11.0. The third-order valence-electron chi connectivity index (χ3n) is 3.59. The molecule has 15 heavy (non-hydrogen) atoms. The van der Waals surface area contributed by atoms with E-state index in [-0.39, 0.29) is 11.7 Å². The molecule has 0 heterocycles. The fourth-order valence-electron chi connectivity index (χ4n) is 2.17. The molecule has 1 aliphatic rings. The van der Waals surface area contributed by atoms with Gasteiger partial charge in [-0.2, -0.15) is 0 Å². The molecular formula is C12H22O3. The van der Waals surface area contributed by atoms with Crippen molar-refractivity contribution in [1.82, 2.24) is 0 Å². The van der Waals surface area contributed by atoms with Crippen LogP contribution < -0.4 is 0 Å².